The molecule has 5 atom stereocenters. The molecule has 0 bridgehead atoms. The summed E-state index contributed by atoms with van der Waals surface area (Å²) in [5, 5.41) is 38.9. The fourth-order valence-electron chi connectivity index (χ4n) is 3.29. The Morgan fingerprint density at radius 1 is 1.04 bits per heavy atom. The number of hydrogen-bond donors (Lipinski definition) is 4. The number of carboxylic acids is 1. The Kier molecular flexibility index (Phi) is 11.7. The maximum absolute atomic E-state index is 10.5. The van der Waals surface area contributed by atoms with Gasteiger partial charge in [0.25, 0.3) is 0 Å². The van der Waals surface area contributed by atoms with Crippen LogP contribution in [0.2, 0.25) is 0 Å². The largest absolute Gasteiger partial charge is 0.481 e. The Morgan fingerprint density at radius 3 is 2.30 bits per heavy atom. The Hall–Kier alpha value is -1.69. The van der Waals surface area contributed by atoms with Crippen molar-refractivity contribution in [2.24, 2.45) is 11.8 Å². The molecule has 0 aromatic carbocycles. The molecular formula is C22H34O5. The molecule has 0 aliphatic heterocycles. The summed E-state index contributed by atoms with van der Waals surface area (Å²) in [6, 6.07) is 0. The van der Waals surface area contributed by atoms with Crippen molar-refractivity contribution >= 4 is 5.97 Å². The van der Waals surface area contributed by atoms with Gasteiger partial charge in [-0.2, -0.15) is 0 Å². The minimum atomic E-state index is -0.947. The zero-order chi connectivity index (χ0) is 20.1. The van der Waals surface area contributed by atoms with Gasteiger partial charge >= 0.3 is 5.97 Å². The van der Waals surface area contributed by atoms with E-state index in [1.165, 1.54) is 6.08 Å². The molecule has 0 aromatic rings. The second kappa shape index (κ2) is 13.5. The first-order valence-electron chi connectivity index (χ1n) is 9.85. The molecule has 1 rings (SSSR count). The van der Waals surface area contributed by atoms with Crippen molar-refractivity contribution in [2.75, 3.05) is 0 Å². The number of aliphatic hydroxyl groups excluding tert-OH is 3. The second-order valence-electron chi connectivity index (χ2n) is 7.03. The van der Waals surface area contributed by atoms with Gasteiger partial charge in [-0.25, -0.2) is 0 Å². The lowest BCUT2D eigenvalue weighted by Crippen LogP contribution is -2.20. The molecule has 4 N–H and O–H groups in total. The third kappa shape index (κ3) is 9.70. The van der Waals surface area contributed by atoms with Gasteiger partial charge < -0.3 is 20.4 Å². The molecular weight excluding hydrogens is 344 g/mol. The monoisotopic (exact) mass is 378 g/mol. The third-order valence-corrected chi connectivity index (χ3v) is 4.81. The molecule has 0 heterocycles. The number of aliphatic carboxylic acids is 1. The number of allylic oxidation sites excluding steroid dienone is 6. The molecule has 0 unspecified atom stereocenters. The minimum Gasteiger partial charge on any atom is -0.481 e. The fraction of sp³-hybridized carbons (Fsp3) is 0.591. The molecule has 0 spiro atoms. The van der Waals surface area contributed by atoms with Crippen molar-refractivity contribution in [3.05, 3.63) is 48.6 Å². The van der Waals surface area contributed by atoms with Crippen LogP contribution in [-0.2, 0) is 4.79 Å². The summed E-state index contributed by atoms with van der Waals surface area (Å²) in [7, 11) is 0. The van der Waals surface area contributed by atoms with Crippen LogP contribution in [0.1, 0.15) is 51.9 Å². The predicted octanol–water partition coefficient (Wildman–Crippen LogP) is 3.38. The van der Waals surface area contributed by atoms with Crippen LogP contribution in [0.25, 0.3) is 0 Å². The Labute approximate surface area is 162 Å². The van der Waals surface area contributed by atoms with Crippen molar-refractivity contribution < 1.29 is 25.2 Å². The molecule has 5 nitrogen and oxygen atoms in total. The molecule has 1 aliphatic rings. The molecule has 0 radical (unpaired) electrons. The van der Waals surface area contributed by atoms with Gasteiger partial charge in [-0.1, -0.05) is 55.5 Å². The number of rotatable bonds is 12. The summed E-state index contributed by atoms with van der Waals surface area (Å²) in [6.07, 6.45) is 17.6. The average molecular weight is 379 g/mol. The van der Waals surface area contributed by atoms with E-state index in [1.54, 1.807) is 6.08 Å². The average Bonchev–Trinajstić information content (AvgIpc) is 2.89. The highest BCUT2D eigenvalue weighted by Gasteiger charge is 2.39. The van der Waals surface area contributed by atoms with E-state index in [-0.39, 0.29) is 24.7 Å². The van der Waals surface area contributed by atoms with Crippen LogP contribution in [0.5, 0.6) is 0 Å². The standard InChI is InChI=1S/C22H34O5/c1-2-3-4-5-6-7-8-9-10-11-18-19(21(25)16-20(18)24)14-12-17(23)13-15-22(26)27/h3-4,6-7,9-10,12,14,17-21,23-25H,2,5,8,11,13,15-16H2,1H3,(H,26,27)/b4-3-,7-6-,10-9-,14-12+/t17-,18+,19+,20-,21+/m1/s1. The highest BCUT2D eigenvalue weighted by molar-refractivity contribution is 5.66. The zero-order valence-electron chi connectivity index (χ0n) is 16.2. The molecule has 1 saturated carbocycles. The van der Waals surface area contributed by atoms with Gasteiger partial charge in [-0.3, -0.25) is 4.79 Å². The van der Waals surface area contributed by atoms with Gasteiger partial charge in [-0.15, -0.1) is 0 Å². The van der Waals surface area contributed by atoms with E-state index in [2.05, 4.69) is 37.3 Å². The van der Waals surface area contributed by atoms with Crippen LogP contribution in [0, 0.1) is 11.8 Å². The van der Waals surface area contributed by atoms with Crippen LogP contribution in [0.4, 0.5) is 0 Å². The predicted molar refractivity (Wildman–Crippen MR) is 107 cm³/mol. The molecule has 0 aromatic heterocycles. The van der Waals surface area contributed by atoms with Crippen molar-refractivity contribution in [2.45, 2.75) is 70.2 Å². The summed E-state index contributed by atoms with van der Waals surface area (Å²) in [5.74, 6) is -1.29. The molecule has 1 aliphatic carbocycles. The van der Waals surface area contributed by atoms with E-state index in [0.717, 1.165) is 19.3 Å². The quantitative estimate of drug-likeness (QED) is 0.390. The smallest absolute Gasteiger partial charge is 0.303 e. The lowest BCUT2D eigenvalue weighted by molar-refractivity contribution is -0.137. The van der Waals surface area contributed by atoms with Gasteiger partial charge in [-0.05, 0) is 38.0 Å². The number of carbonyl (C=O) groups is 1. The summed E-state index contributed by atoms with van der Waals surface area (Å²) in [4.78, 5) is 10.5. The maximum atomic E-state index is 10.5. The summed E-state index contributed by atoms with van der Waals surface area (Å²) < 4.78 is 0. The SMILES string of the molecule is CC/C=C\C/C=C\C/C=C\C[C@H]1[C@H](/C=C/[C@@H](O)CCC(=O)O)[C@@H](O)C[C@H]1O. The Balaban J connectivity index is 2.47. The topological polar surface area (TPSA) is 98.0 Å². The fourth-order valence-corrected chi connectivity index (χ4v) is 3.29. The second-order valence-corrected chi connectivity index (χ2v) is 7.03. The van der Waals surface area contributed by atoms with E-state index in [1.807, 2.05) is 6.08 Å². The molecule has 27 heavy (non-hydrogen) atoms. The van der Waals surface area contributed by atoms with Gasteiger partial charge in [0.05, 0.1) is 18.3 Å². The van der Waals surface area contributed by atoms with Crippen LogP contribution in [-0.4, -0.2) is 44.7 Å². The van der Waals surface area contributed by atoms with E-state index >= 15 is 0 Å². The maximum Gasteiger partial charge on any atom is 0.303 e. The molecule has 0 amide bonds. The van der Waals surface area contributed by atoms with Gasteiger partial charge in [0.2, 0.25) is 0 Å². The Morgan fingerprint density at radius 2 is 1.67 bits per heavy atom. The zero-order valence-corrected chi connectivity index (χ0v) is 16.2. The Bertz CT molecular complexity index is 535. The lowest BCUT2D eigenvalue weighted by atomic mass is 9.89. The first kappa shape index (κ1) is 23.3. The van der Waals surface area contributed by atoms with Crippen molar-refractivity contribution in [3.63, 3.8) is 0 Å². The summed E-state index contributed by atoms with van der Waals surface area (Å²) in [5.41, 5.74) is 0. The van der Waals surface area contributed by atoms with Gasteiger partial charge in [0.15, 0.2) is 0 Å². The van der Waals surface area contributed by atoms with E-state index in [0.29, 0.717) is 12.8 Å². The van der Waals surface area contributed by atoms with Crippen molar-refractivity contribution in [3.8, 4) is 0 Å². The van der Waals surface area contributed by atoms with Crippen LogP contribution >= 0.6 is 0 Å². The van der Waals surface area contributed by atoms with Crippen LogP contribution in [0.15, 0.2) is 48.6 Å². The van der Waals surface area contributed by atoms with E-state index < -0.39 is 24.3 Å². The van der Waals surface area contributed by atoms with Gasteiger partial charge in [0.1, 0.15) is 0 Å². The molecule has 5 heteroatoms. The van der Waals surface area contributed by atoms with E-state index in [9.17, 15) is 20.1 Å². The van der Waals surface area contributed by atoms with Crippen LogP contribution in [0.3, 0.4) is 0 Å². The minimum absolute atomic E-state index is 0.101. The van der Waals surface area contributed by atoms with E-state index in [4.69, 9.17) is 5.11 Å². The third-order valence-electron chi connectivity index (χ3n) is 4.81. The highest BCUT2D eigenvalue weighted by atomic mass is 16.4. The normalized spacial score (nSPS) is 27.6. The first-order chi connectivity index (χ1) is 13.0. The van der Waals surface area contributed by atoms with Gasteiger partial charge in [0, 0.05) is 18.8 Å². The molecule has 1 fully saturated rings. The first-order valence-corrected chi connectivity index (χ1v) is 9.85. The summed E-state index contributed by atoms with van der Waals surface area (Å²) in [6.45, 7) is 2.11. The number of aliphatic hydroxyl groups is 3. The summed E-state index contributed by atoms with van der Waals surface area (Å²) >= 11 is 0. The molecule has 152 valence electrons. The van der Waals surface area contributed by atoms with Crippen LogP contribution < -0.4 is 0 Å². The molecule has 0 saturated heterocycles. The number of hydrogen-bond acceptors (Lipinski definition) is 4. The van der Waals surface area contributed by atoms with Crippen molar-refractivity contribution in [1.82, 2.24) is 0 Å². The highest BCUT2D eigenvalue weighted by Crippen LogP contribution is 2.36. The van der Waals surface area contributed by atoms with Crippen molar-refractivity contribution in [1.29, 1.82) is 0 Å². The lowest BCUT2D eigenvalue weighted by Gasteiger charge is -2.19. The number of carboxylic acid groups (broad SMARTS) is 1.